The van der Waals surface area contributed by atoms with Crippen LogP contribution in [0.3, 0.4) is 0 Å². The summed E-state index contributed by atoms with van der Waals surface area (Å²) in [4.78, 5) is 12.9. The summed E-state index contributed by atoms with van der Waals surface area (Å²) in [5, 5.41) is 3.44. The molecule has 18 heavy (non-hydrogen) atoms. The van der Waals surface area contributed by atoms with Gasteiger partial charge < -0.3 is 5.32 Å². The van der Waals surface area contributed by atoms with E-state index in [1.165, 1.54) is 5.56 Å². The molecule has 0 bridgehead atoms. The molecule has 0 saturated heterocycles. The highest BCUT2D eigenvalue weighted by molar-refractivity contribution is 5.29. The van der Waals surface area contributed by atoms with Gasteiger partial charge in [-0.2, -0.15) is 0 Å². The Morgan fingerprint density at radius 1 is 1.17 bits per heavy atom. The maximum Gasteiger partial charge on any atom is 0.0801 e. The van der Waals surface area contributed by atoms with Crippen LogP contribution in [0.1, 0.15) is 35.6 Å². The molecule has 2 aromatic heterocycles. The van der Waals surface area contributed by atoms with Crippen LogP contribution in [0.4, 0.5) is 0 Å². The van der Waals surface area contributed by atoms with Gasteiger partial charge in [0.2, 0.25) is 0 Å². The number of pyridine rings is 1. The molecule has 0 fully saturated rings. The van der Waals surface area contributed by atoms with Crippen molar-refractivity contribution in [1.29, 1.82) is 0 Å². The van der Waals surface area contributed by atoms with E-state index < -0.39 is 0 Å². The highest BCUT2D eigenvalue weighted by Crippen LogP contribution is 2.20. The van der Waals surface area contributed by atoms with Crippen molar-refractivity contribution in [3.63, 3.8) is 0 Å². The van der Waals surface area contributed by atoms with E-state index in [1.54, 1.807) is 18.6 Å². The number of nitrogens with zero attached hydrogens (tertiary/aromatic N) is 3. The lowest BCUT2D eigenvalue weighted by molar-refractivity contribution is 0.611. The van der Waals surface area contributed by atoms with E-state index in [-0.39, 0.29) is 6.04 Å². The predicted molar refractivity (Wildman–Crippen MR) is 71.3 cm³/mol. The quantitative estimate of drug-likeness (QED) is 0.893. The second kappa shape index (κ2) is 5.69. The van der Waals surface area contributed by atoms with Crippen molar-refractivity contribution < 1.29 is 0 Å². The SMILES string of the molecule is CCNC(c1cc(C)nc(C)c1)c1cnccn1. The largest absolute Gasteiger partial charge is 0.305 e. The molecule has 1 atom stereocenters. The summed E-state index contributed by atoms with van der Waals surface area (Å²) in [6, 6.07) is 4.26. The van der Waals surface area contributed by atoms with Crippen LogP contribution in [-0.2, 0) is 0 Å². The van der Waals surface area contributed by atoms with E-state index >= 15 is 0 Å². The third-order valence-corrected chi connectivity index (χ3v) is 2.72. The summed E-state index contributed by atoms with van der Waals surface area (Å²) in [6.07, 6.45) is 5.22. The number of aromatic nitrogens is 3. The van der Waals surface area contributed by atoms with Crippen LogP contribution in [-0.4, -0.2) is 21.5 Å². The number of nitrogens with one attached hydrogen (secondary N) is 1. The number of rotatable bonds is 4. The zero-order valence-corrected chi connectivity index (χ0v) is 11.0. The normalized spacial score (nSPS) is 12.4. The zero-order valence-electron chi connectivity index (χ0n) is 11.0. The van der Waals surface area contributed by atoms with Crippen LogP contribution in [0.2, 0.25) is 0 Å². The number of hydrogen-bond acceptors (Lipinski definition) is 4. The van der Waals surface area contributed by atoms with Gasteiger partial charge in [0.05, 0.1) is 17.9 Å². The van der Waals surface area contributed by atoms with Gasteiger partial charge in [-0.05, 0) is 38.1 Å². The minimum Gasteiger partial charge on any atom is -0.305 e. The van der Waals surface area contributed by atoms with Crippen molar-refractivity contribution >= 4 is 0 Å². The van der Waals surface area contributed by atoms with Crippen molar-refractivity contribution in [2.75, 3.05) is 6.54 Å². The topological polar surface area (TPSA) is 50.7 Å². The molecule has 94 valence electrons. The van der Waals surface area contributed by atoms with Crippen molar-refractivity contribution in [1.82, 2.24) is 20.3 Å². The second-order valence-corrected chi connectivity index (χ2v) is 4.30. The summed E-state index contributed by atoms with van der Waals surface area (Å²) < 4.78 is 0. The van der Waals surface area contributed by atoms with Gasteiger partial charge in [-0.3, -0.25) is 15.0 Å². The molecule has 2 heterocycles. The van der Waals surface area contributed by atoms with E-state index in [9.17, 15) is 0 Å². The fraction of sp³-hybridized carbons (Fsp3) is 0.357. The molecular formula is C14H18N4. The zero-order chi connectivity index (χ0) is 13.0. The van der Waals surface area contributed by atoms with E-state index in [4.69, 9.17) is 0 Å². The Labute approximate surface area is 108 Å². The van der Waals surface area contributed by atoms with Crippen molar-refractivity contribution in [2.24, 2.45) is 0 Å². The van der Waals surface area contributed by atoms with Crippen molar-refractivity contribution in [2.45, 2.75) is 26.8 Å². The number of aryl methyl sites for hydroxylation is 2. The number of hydrogen-bond donors (Lipinski definition) is 1. The van der Waals surface area contributed by atoms with Gasteiger partial charge >= 0.3 is 0 Å². The molecule has 0 saturated carbocycles. The molecule has 0 aliphatic carbocycles. The summed E-state index contributed by atoms with van der Waals surface area (Å²) in [5.74, 6) is 0. The third kappa shape index (κ3) is 2.90. The highest BCUT2D eigenvalue weighted by atomic mass is 14.9. The lowest BCUT2D eigenvalue weighted by atomic mass is 10.0. The van der Waals surface area contributed by atoms with Crippen LogP contribution >= 0.6 is 0 Å². The lowest BCUT2D eigenvalue weighted by Gasteiger charge is -2.18. The molecule has 1 N–H and O–H groups in total. The molecule has 0 radical (unpaired) electrons. The molecule has 4 heteroatoms. The third-order valence-electron chi connectivity index (χ3n) is 2.72. The maximum absolute atomic E-state index is 4.41. The molecular weight excluding hydrogens is 224 g/mol. The Kier molecular flexibility index (Phi) is 3.99. The van der Waals surface area contributed by atoms with E-state index in [2.05, 4.69) is 39.3 Å². The highest BCUT2D eigenvalue weighted by Gasteiger charge is 2.15. The maximum atomic E-state index is 4.41. The Morgan fingerprint density at radius 2 is 1.89 bits per heavy atom. The monoisotopic (exact) mass is 242 g/mol. The molecule has 1 unspecified atom stereocenters. The molecule has 0 aliphatic heterocycles. The van der Waals surface area contributed by atoms with Crippen LogP contribution in [0.25, 0.3) is 0 Å². The van der Waals surface area contributed by atoms with Crippen LogP contribution in [0, 0.1) is 13.8 Å². The predicted octanol–water partition coefficient (Wildman–Crippen LogP) is 2.19. The average molecular weight is 242 g/mol. The molecule has 2 aromatic rings. The van der Waals surface area contributed by atoms with Gasteiger partial charge in [-0.1, -0.05) is 6.92 Å². The Morgan fingerprint density at radius 3 is 2.44 bits per heavy atom. The van der Waals surface area contributed by atoms with Gasteiger partial charge in [0.15, 0.2) is 0 Å². The first-order chi connectivity index (χ1) is 8.70. The molecule has 0 aliphatic rings. The summed E-state index contributed by atoms with van der Waals surface area (Å²) in [5.41, 5.74) is 4.17. The molecule has 0 aromatic carbocycles. The average Bonchev–Trinajstić information content (AvgIpc) is 2.36. The van der Waals surface area contributed by atoms with Gasteiger partial charge in [0, 0.05) is 23.8 Å². The van der Waals surface area contributed by atoms with Crippen LogP contribution in [0.15, 0.2) is 30.7 Å². The van der Waals surface area contributed by atoms with E-state index in [0.717, 1.165) is 23.6 Å². The van der Waals surface area contributed by atoms with E-state index in [1.807, 2.05) is 13.8 Å². The first-order valence-corrected chi connectivity index (χ1v) is 6.15. The Balaban J connectivity index is 2.41. The Bertz CT molecular complexity index is 490. The van der Waals surface area contributed by atoms with E-state index in [0.29, 0.717) is 0 Å². The molecule has 2 rings (SSSR count). The minimum absolute atomic E-state index is 0.0732. The first kappa shape index (κ1) is 12.6. The minimum atomic E-state index is 0.0732. The Hall–Kier alpha value is -1.81. The molecule has 0 amide bonds. The lowest BCUT2D eigenvalue weighted by Crippen LogP contribution is -2.23. The standard InChI is InChI=1S/C14H18N4/c1-4-16-14(13-9-15-5-6-17-13)12-7-10(2)18-11(3)8-12/h5-9,14,16H,4H2,1-3H3. The fourth-order valence-corrected chi connectivity index (χ4v) is 2.09. The molecule has 0 spiro atoms. The van der Waals surface area contributed by atoms with Crippen LogP contribution in [0.5, 0.6) is 0 Å². The second-order valence-electron chi connectivity index (χ2n) is 4.30. The van der Waals surface area contributed by atoms with Gasteiger partial charge in [-0.15, -0.1) is 0 Å². The first-order valence-electron chi connectivity index (χ1n) is 6.15. The van der Waals surface area contributed by atoms with Crippen molar-refractivity contribution in [3.05, 3.63) is 53.4 Å². The fourth-order valence-electron chi connectivity index (χ4n) is 2.09. The molecule has 4 nitrogen and oxygen atoms in total. The van der Waals surface area contributed by atoms with Crippen molar-refractivity contribution in [3.8, 4) is 0 Å². The van der Waals surface area contributed by atoms with Gasteiger partial charge in [0.25, 0.3) is 0 Å². The smallest absolute Gasteiger partial charge is 0.0801 e. The van der Waals surface area contributed by atoms with Gasteiger partial charge in [0.1, 0.15) is 0 Å². The van der Waals surface area contributed by atoms with Gasteiger partial charge in [-0.25, -0.2) is 0 Å². The van der Waals surface area contributed by atoms with Crippen LogP contribution < -0.4 is 5.32 Å². The summed E-state index contributed by atoms with van der Waals surface area (Å²) in [6.45, 7) is 6.98. The summed E-state index contributed by atoms with van der Waals surface area (Å²) in [7, 11) is 0. The summed E-state index contributed by atoms with van der Waals surface area (Å²) >= 11 is 0.